The Morgan fingerprint density at radius 3 is 2.71 bits per heavy atom. The molecule has 92 valence electrons. The highest BCUT2D eigenvalue weighted by Crippen LogP contribution is 2.38. The molecule has 3 nitrogen and oxygen atoms in total. The first-order valence-electron chi connectivity index (χ1n) is 6.51. The maximum absolute atomic E-state index is 3.49. The van der Waals surface area contributed by atoms with Crippen LogP contribution in [-0.4, -0.2) is 32.7 Å². The lowest BCUT2D eigenvalue weighted by molar-refractivity contribution is 0.579. The summed E-state index contributed by atoms with van der Waals surface area (Å²) in [6, 6.07) is 6.86. The molecule has 1 aromatic rings. The molecule has 0 atom stereocenters. The quantitative estimate of drug-likeness (QED) is 0.772. The molecule has 0 aliphatic carbocycles. The molecule has 17 heavy (non-hydrogen) atoms. The summed E-state index contributed by atoms with van der Waals surface area (Å²) >= 11 is 0. The van der Waals surface area contributed by atoms with E-state index in [0.717, 1.165) is 32.7 Å². The van der Waals surface area contributed by atoms with Gasteiger partial charge in [0.1, 0.15) is 0 Å². The molecule has 2 N–H and O–H groups in total. The van der Waals surface area contributed by atoms with Gasteiger partial charge in [0.15, 0.2) is 0 Å². The molecule has 1 aromatic carbocycles. The third kappa shape index (κ3) is 1.89. The molecule has 3 rings (SSSR count). The molecule has 0 saturated carbocycles. The van der Waals surface area contributed by atoms with Gasteiger partial charge in [-0.25, -0.2) is 0 Å². The SMILES string of the molecule is CC1(C)CNc2ccc(N3CCNCC3)cc21. The highest BCUT2D eigenvalue weighted by Gasteiger charge is 2.30. The van der Waals surface area contributed by atoms with Crippen LogP contribution in [0.4, 0.5) is 11.4 Å². The zero-order valence-corrected chi connectivity index (χ0v) is 10.7. The average Bonchev–Trinajstić information content (AvgIpc) is 2.66. The summed E-state index contributed by atoms with van der Waals surface area (Å²) in [5, 5.41) is 6.89. The lowest BCUT2D eigenvalue weighted by atomic mass is 9.86. The molecular weight excluding hydrogens is 210 g/mol. The minimum Gasteiger partial charge on any atom is -0.384 e. The normalized spacial score (nSPS) is 22.1. The minimum absolute atomic E-state index is 0.263. The Hall–Kier alpha value is -1.22. The van der Waals surface area contributed by atoms with Crippen LogP contribution < -0.4 is 15.5 Å². The fourth-order valence-corrected chi connectivity index (χ4v) is 2.78. The number of nitrogens with zero attached hydrogens (tertiary/aromatic N) is 1. The zero-order chi connectivity index (χ0) is 11.9. The van der Waals surface area contributed by atoms with Crippen molar-refractivity contribution in [3.8, 4) is 0 Å². The summed E-state index contributed by atoms with van der Waals surface area (Å²) in [5.41, 5.74) is 4.42. The second-order valence-corrected chi connectivity index (χ2v) is 5.70. The smallest absolute Gasteiger partial charge is 0.0380 e. The summed E-state index contributed by atoms with van der Waals surface area (Å²) in [6.07, 6.45) is 0. The number of hydrogen-bond donors (Lipinski definition) is 2. The van der Waals surface area contributed by atoms with E-state index in [1.807, 2.05) is 0 Å². The van der Waals surface area contributed by atoms with Crippen molar-refractivity contribution in [1.29, 1.82) is 0 Å². The van der Waals surface area contributed by atoms with Gasteiger partial charge >= 0.3 is 0 Å². The van der Waals surface area contributed by atoms with E-state index < -0.39 is 0 Å². The van der Waals surface area contributed by atoms with Gasteiger partial charge in [-0.1, -0.05) is 13.8 Å². The van der Waals surface area contributed by atoms with Crippen molar-refractivity contribution < 1.29 is 0 Å². The topological polar surface area (TPSA) is 27.3 Å². The molecule has 2 heterocycles. The predicted molar refractivity (Wildman–Crippen MR) is 73.0 cm³/mol. The van der Waals surface area contributed by atoms with E-state index in [0.29, 0.717) is 0 Å². The molecule has 0 bridgehead atoms. The summed E-state index contributed by atoms with van der Waals surface area (Å²) < 4.78 is 0. The second-order valence-electron chi connectivity index (χ2n) is 5.70. The summed E-state index contributed by atoms with van der Waals surface area (Å²) in [5.74, 6) is 0. The molecule has 0 unspecified atom stereocenters. The van der Waals surface area contributed by atoms with Crippen molar-refractivity contribution in [1.82, 2.24) is 5.32 Å². The third-order valence-electron chi connectivity index (χ3n) is 3.94. The minimum atomic E-state index is 0.263. The van der Waals surface area contributed by atoms with Crippen LogP contribution in [0.1, 0.15) is 19.4 Å². The van der Waals surface area contributed by atoms with Gasteiger partial charge in [0.25, 0.3) is 0 Å². The standard InChI is InChI=1S/C14H21N3/c1-14(2)10-16-13-4-3-11(9-12(13)14)17-7-5-15-6-8-17/h3-4,9,15-16H,5-8,10H2,1-2H3. The number of anilines is 2. The highest BCUT2D eigenvalue weighted by molar-refractivity contribution is 5.66. The Labute approximate surface area is 103 Å². The first-order chi connectivity index (χ1) is 8.17. The fourth-order valence-electron chi connectivity index (χ4n) is 2.78. The molecule has 0 aromatic heterocycles. The van der Waals surface area contributed by atoms with E-state index in [9.17, 15) is 0 Å². The van der Waals surface area contributed by atoms with E-state index in [1.54, 1.807) is 0 Å². The van der Waals surface area contributed by atoms with E-state index >= 15 is 0 Å². The van der Waals surface area contributed by atoms with E-state index in [4.69, 9.17) is 0 Å². The number of fused-ring (bicyclic) bond motifs is 1. The Kier molecular flexibility index (Phi) is 2.51. The van der Waals surface area contributed by atoms with Gasteiger partial charge in [0.05, 0.1) is 0 Å². The first-order valence-corrected chi connectivity index (χ1v) is 6.51. The predicted octanol–water partition coefficient (Wildman–Crippen LogP) is 1.80. The molecule has 0 amide bonds. The largest absolute Gasteiger partial charge is 0.384 e. The molecule has 2 aliphatic heterocycles. The average molecular weight is 231 g/mol. The first kappa shape index (κ1) is 10.9. The number of hydrogen-bond acceptors (Lipinski definition) is 3. The Morgan fingerprint density at radius 1 is 1.18 bits per heavy atom. The number of rotatable bonds is 1. The van der Waals surface area contributed by atoms with Crippen LogP contribution in [0.2, 0.25) is 0 Å². The van der Waals surface area contributed by atoms with Crippen molar-refractivity contribution in [3.05, 3.63) is 23.8 Å². The van der Waals surface area contributed by atoms with Gasteiger partial charge in [0.2, 0.25) is 0 Å². The summed E-state index contributed by atoms with van der Waals surface area (Å²) in [6.45, 7) is 10.1. The van der Waals surface area contributed by atoms with Crippen LogP contribution in [0.3, 0.4) is 0 Å². The van der Waals surface area contributed by atoms with Crippen molar-refractivity contribution >= 4 is 11.4 Å². The van der Waals surface area contributed by atoms with Crippen molar-refractivity contribution in [3.63, 3.8) is 0 Å². The van der Waals surface area contributed by atoms with Gasteiger partial charge in [-0.15, -0.1) is 0 Å². The molecule has 0 spiro atoms. The molecule has 1 saturated heterocycles. The van der Waals surface area contributed by atoms with E-state index in [-0.39, 0.29) is 5.41 Å². The van der Waals surface area contributed by atoms with Gasteiger partial charge in [0, 0.05) is 49.5 Å². The number of piperazine rings is 1. The van der Waals surface area contributed by atoms with Gasteiger partial charge < -0.3 is 15.5 Å². The van der Waals surface area contributed by atoms with Crippen LogP contribution in [-0.2, 0) is 5.41 Å². The van der Waals surface area contributed by atoms with Crippen molar-refractivity contribution in [2.24, 2.45) is 0 Å². The zero-order valence-electron chi connectivity index (χ0n) is 10.7. The van der Waals surface area contributed by atoms with Crippen LogP contribution in [0.15, 0.2) is 18.2 Å². The molecule has 3 heteroatoms. The van der Waals surface area contributed by atoms with Gasteiger partial charge in [-0.2, -0.15) is 0 Å². The van der Waals surface area contributed by atoms with Crippen molar-refractivity contribution in [2.75, 3.05) is 42.9 Å². The van der Waals surface area contributed by atoms with Crippen LogP contribution >= 0.6 is 0 Å². The Bertz CT molecular complexity index is 419. The van der Waals surface area contributed by atoms with Crippen LogP contribution in [0, 0.1) is 0 Å². The maximum atomic E-state index is 3.49. The van der Waals surface area contributed by atoms with Crippen molar-refractivity contribution in [2.45, 2.75) is 19.3 Å². The second kappa shape index (κ2) is 3.91. The molecule has 1 fully saturated rings. The number of nitrogens with one attached hydrogen (secondary N) is 2. The fraction of sp³-hybridized carbons (Fsp3) is 0.571. The third-order valence-corrected chi connectivity index (χ3v) is 3.94. The Morgan fingerprint density at radius 2 is 1.94 bits per heavy atom. The lowest BCUT2D eigenvalue weighted by Gasteiger charge is -2.30. The molecule has 2 aliphatic rings. The molecule has 0 radical (unpaired) electrons. The Balaban J connectivity index is 1.92. The highest BCUT2D eigenvalue weighted by atomic mass is 15.2. The maximum Gasteiger partial charge on any atom is 0.0380 e. The van der Waals surface area contributed by atoms with Gasteiger partial charge in [-0.3, -0.25) is 0 Å². The number of benzene rings is 1. The van der Waals surface area contributed by atoms with Crippen LogP contribution in [0.5, 0.6) is 0 Å². The van der Waals surface area contributed by atoms with Crippen LogP contribution in [0.25, 0.3) is 0 Å². The lowest BCUT2D eigenvalue weighted by Crippen LogP contribution is -2.43. The van der Waals surface area contributed by atoms with E-state index in [2.05, 4.69) is 47.6 Å². The summed E-state index contributed by atoms with van der Waals surface area (Å²) in [7, 11) is 0. The van der Waals surface area contributed by atoms with Gasteiger partial charge in [-0.05, 0) is 23.8 Å². The van der Waals surface area contributed by atoms with E-state index in [1.165, 1.54) is 16.9 Å². The summed E-state index contributed by atoms with van der Waals surface area (Å²) in [4.78, 5) is 2.48. The monoisotopic (exact) mass is 231 g/mol. The molecular formula is C14H21N3.